The Bertz CT molecular complexity index is 171. The summed E-state index contributed by atoms with van der Waals surface area (Å²) in [6.45, 7) is 7.06. The van der Waals surface area contributed by atoms with Gasteiger partial charge in [-0.3, -0.25) is 0 Å². The van der Waals surface area contributed by atoms with Crippen molar-refractivity contribution in [3.8, 4) is 0 Å². The number of nitrogens with zero attached hydrogens (tertiary/aromatic N) is 1. The summed E-state index contributed by atoms with van der Waals surface area (Å²) in [5.41, 5.74) is 0.485. The van der Waals surface area contributed by atoms with Gasteiger partial charge >= 0.3 is 0 Å². The van der Waals surface area contributed by atoms with E-state index in [4.69, 9.17) is 0 Å². The lowest BCUT2D eigenvalue weighted by Gasteiger charge is -2.42. The fourth-order valence-electron chi connectivity index (χ4n) is 2.64. The van der Waals surface area contributed by atoms with Crippen LogP contribution in [-0.4, -0.2) is 38.1 Å². The van der Waals surface area contributed by atoms with E-state index in [9.17, 15) is 0 Å². The molecule has 15 heavy (non-hydrogen) atoms. The maximum atomic E-state index is 3.36. The fraction of sp³-hybridized carbons (Fsp3) is 1.00. The van der Waals surface area contributed by atoms with Gasteiger partial charge in [-0.1, -0.05) is 20.3 Å². The van der Waals surface area contributed by atoms with Gasteiger partial charge in [0.1, 0.15) is 0 Å². The molecule has 0 aliphatic heterocycles. The Morgan fingerprint density at radius 3 is 2.20 bits per heavy atom. The molecule has 2 heteroatoms. The highest BCUT2D eigenvalue weighted by Crippen LogP contribution is 2.31. The molecule has 0 saturated heterocycles. The lowest BCUT2D eigenvalue weighted by Crippen LogP contribution is -2.47. The third-order valence-corrected chi connectivity index (χ3v) is 4.33. The molecule has 2 nitrogen and oxygen atoms in total. The van der Waals surface area contributed by atoms with Crippen molar-refractivity contribution in [1.29, 1.82) is 0 Å². The minimum atomic E-state index is 0.485. The van der Waals surface area contributed by atoms with Crippen LogP contribution in [0, 0.1) is 5.41 Å². The van der Waals surface area contributed by atoms with Crippen LogP contribution in [0.3, 0.4) is 0 Å². The van der Waals surface area contributed by atoms with Gasteiger partial charge < -0.3 is 10.2 Å². The summed E-state index contributed by atoms with van der Waals surface area (Å²) >= 11 is 0. The smallest absolute Gasteiger partial charge is 0.00924 e. The summed E-state index contributed by atoms with van der Waals surface area (Å²) in [5.74, 6) is 0. The van der Waals surface area contributed by atoms with Gasteiger partial charge in [-0.25, -0.2) is 0 Å². The summed E-state index contributed by atoms with van der Waals surface area (Å²) in [4.78, 5) is 2.59. The predicted octanol–water partition coefficient (Wildman–Crippen LogP) is 2.50. The molecule has 0 aromatic heterocycles. The first-order chi connectivity index (χ1) is 7.17. The molecule has 0 unspecified atom stereocenters. The Kier molecular flexibility index (Phi) is 5.07. The molecule has 0 heterocycles. The normalized spacial score (nSPS) is 18.2. The third kappa shape index (κ3) is 3.18. The van der Waals surface area contributed by atoms with E-state index in [1.54, 1.807) is 0 Å². The van der Waals surface area contributed by atoms with E-state index in [-0.39, 0.29) is 0 Å². The molecule has 0 aromatic rings. The monoisotopic (exact) mass is 212 g/mol. The molecule has 1 aliphatic carbocycles. The molecule has 1 rings (SSSR count). The first kappa shape index (κ1) is 13.0. The Morgan fingerprint density at radius 2 is 1.87 bits per heavy atom. The maximum absolute atomic E-state index is 3.36. The Labute approximate surface area is 95.4 Å². The Balaban J connectivity index is 2.47. The second-order valence-electron chi connectivity index (χ2n) is 5.24. The van der Waals surface area contributed by atoms with Gasteiger partial charge in [0.15, 0.2) is 0 Å². The highest BCUT2D eigenvalue weighted by molar-refractivity contribution is 4.86. The van der Waals surface area contributed by atoms with E-state index in [2.05, 4.69) is 38.2 Å². The second-order valence-corrected chi connectivity index (χ2v) is 5.24. The zero-order chi connectivity index (χ0) is 11.3. The highest BCUT2D eigenvalue weighted by atomic mass is 15.1. The quantitative estimate of drug-likeness (QED) is 0.697. The van der Waals surface area contributed by atoms with Crippen LogP contribution in [0.4, 0.5) is 0 Å². The van der Waals surface area contributed by atoms with Crippen LogP contribution < -0.4 is 5.32 Å². The molecular formula is C13H28N2. The van der Waals surface area contributed by atoms with Crippen molar-refractivity contribution < 1.29 is 0 Å². The SMILES string of the molecule is CCC(CC)(CNC)CN(C)C1CCC1. The van der Waals surface area contributed by atoms with Crippen molar-refractivity contribution >= 4 is 0 Å². The van der Waals surface area contributed by atoms with E-state index in [0.29, 0.717) is 5.41 Å². The Hall–Kier alpha value is -0.0800. The van der Waals surface area contributed by atoms with E-state index in [1.807, 2.05) is 0 Å². The van der Waals surface area contributed by atoms with Crippen molar-refractivity contribution in [2.24, 2.45) is 5.41 Å². The van der Waals surface area contributed by atoms with Crippen molar-refractivity contribution in [2.75, 3.05) is 27.2 Å². The molecule has 0 spiro atoms. The molecule has 0 bridgehead atoms. The van der Waals surface area contributed by atoms with Gasteiger partial charge in [0, 0.05) is 19.1 Å². The Morgan fingerprint density at radius 1 is 1.27 bits per heavy atom. The van der Waals surface area contributed by atoms with E-state index in [1.165, 1.54) is 38.6 Å². The van der Waals surface area contributed by atoms with Crippen molar-refractivity contribution in [1.82, 2.24) is 10.2 Å². The molecule has 1 saturated carbocycles. The predicted molar refractivity (Wildman–Crippen MR) is 67.2 cm³/mol. The van der Waals surface area contributed by atoms with Crippen molar-refractivity contribution in [2.45, 2.75) is 52.0 Å². The topological polar surface area (TPSA) is 15.3 Å². The minimum Gasteiger partial charge on any atom is -0.319 e. The summed E-state index contributed by atoms with van der Waals surface area (Å²) in [6.07, 6.45) is 6.83. The molecule has 0 aromatic carbocycles. The lowest BCUT2D eigenvalue weighted by atomic mass is 9.80. The zero-order valence-corrected chi connectivity index (χ0v) is 11.0. The van der Waals surface area contributed by atoms with E-state index < -0.39 is 0 Å². The largest absolute Gasteiger partial charge is 0.319 e. The van der Waals surface area contributed by atoms with Crippen LogP contribution >= 0.6 is 0 Å². The van der Waals surface area contributed by atoms with Gasteiger partial charge in [-0.2, -0.15) is 0 Å². The summed E-state index contributed by atoms with van der Waals surface area (Å²) in [7, 11) is 4.38. The van der Waals surface area contributed by atoms with Crippen LogP contribution in [0.2, 0.25) is 0 Å². The molecular weight excluding hydrogens is 184 g/mol. The molecule has 90 valence electrons. The van der Waals surface area contributed by atoms with Crippen LogP contribution in [0.25, 0.3) is 0 Å². The second kappa shape index (κ2) is 5.86. The van der Waals surface area contributed by atoms with Crippen molar-refractivity contribution in [3.05, 3.63) is 0 Å². The minimum absolute atomic E-state index is 0.485. The average molecular weight is 212 g/mol. The first-order valence-corrected chi connectivity index (χ1v) is 6.52. The van der Waals surface area contributed by atoms with Crippen LogP contribution in [0.1, 0.15) is 46.0 Å². The number of hydrogen-bond donors (Lipinski definition) is 1. The fourth-order valence-corrected chi connectivity index (χ4v) is 2.64. The summed E-state index contributed by atoms with van der Waals surface area (Å²) in [5, 5.41) is 3.36. The van der Waals surface area contributed by atoms with E-state index in [0.717, 1.165) is 12.6 Å². The average Bonchev–Trinajstić information content (AvgIpc) is 2.14. The summed E-state index contributed by atoms with van der Waals surface area (Å²) in [6, 6.07) is 0.874. The lowest BCUT2D eigenvalue weighted by molar-refractivity contribution is 0.0865. The van der Waals surface area contributed by atoms with Gasteiger partial charge in [-0.05, 0) is 45.2 Å². The maximum Gasteiger partial charge on any atom is 0.00924 e. The molecule has 0 radical (unpaired) electrons. The van der Waals surface area contributed by atoms with Crippen LogP contribution in [0.15, 0.2) is 0 Å². The zero-order valence-electron chi connectivity index (χ0n) is 11.0. The summed E-state index contributed by atoms with van der Waals surface area (Å²) < 4.78 is 0. The first-order valence-electron chi connectivity index (χ1n) is 6.52. The van der Waals surface area contributed by atoms with E-state index >= 15 is 0 Å². The number of hydrogen-bond acceptors (Lipinski definition) is 2. The molecule has 1 aliphatic rings. The van der Waals surface area contributed by atoms with Gasteiger partial charge in [-0.15, -0.1) is 0 Å². The number of nitrogens with one attached hydrogen (secondary N) is 1. The molecule has 0 amide bonds. The number of rotatable bonds is 7. The standard InChI is InChI=1S/C13H28N2/c1-5-13(6-2,10-14-3)11-15(4)12-8-7-9-12/h12,14H,5-11H2,1-4H3. The van der Waals surface area contributed by atoms with Gasteiger partial charge in [0.05, 0.1) is 0 Å². The van der Waals surface area contributed by atoms with Crippen molar-refractivity contribution in [3.63, 3.8) is 0 Å². The molecule has 1 N–H and O–H groups in total. The van der Waals surface area contributed by atoms with Crippen LogP contribution in [-0.2, 0) is 0 Å². The van der Waals surface area contributed by atoms with Gasteiger partial charge in [0.25, 0.3) is 0 Å². The third-order valence-electron chi connectivity index (χ3n) is 4.33. The highest BCUT2D eigenvalue weighted by Gasteiger charge is 2.31. The van der Waals surface area contributed by atoms with Gasteiger partial charge in [0.2, 0.25) is 0 Å². The molecule has 1 fully saturated rings. The van der Waals surface area contributed by atoms with Crippen LogP contribution in [0.5, 0.6) is 0 Å². The molecule has 0 atom stereocenters.